The lowest BCUT2D eigenvalue weighted by atomic mass is 10.1. The summed E-state index contributed by atoms with van der Waals surface area (Å²) in [4.78, 5) is 0. The van der Waals surface area contributed by atoms with Crippen LogP contribution < -0.4 is 4.74 Å². The van der Waals surface area contributed by atoms with E-state index in [1.165, 1.54) is 0 Å². The van der Waals surface area contributed by atoms with E-state index in [2.05, 4.69) is 0 Å². The zero-order chi connectivity index (χ0) is 15.5. The van der Waals surface area contributed by atoms with Gasteiger partial charge in [0, 0.05) is 25.9 Å². The first-order valence-corrected chi connectivity index (χ1v) is 7.18. The molecule has 0 saturated carbocycles. The van der Waals surface area contributed by atoms with Gasteiger partial charge in [-0.05, 0) is 31.0 Å². The fourth-order valence-corrected chi connectivity index (χ4v) is 1.86. The van der Waals surface area contributed by atoms with Gasteiger partial charge in [-0.25, -0.2) is 0 Å². The van der Waals surface area contributed by atoms with Crippen molar-refractivity contribution in [3.05, 3.63) is 29.3 Å². The summed E-state index contributed by atoms with van der Waals surface area (Å²) >= 11 is 0. The molecule has 0 amide bonds. The van der Waals surface area contributed by atoms with Crippen LogP contribution in [-0.4, -0.2) is 45.8 Å². The summed E-state index contributed by atoms with van der Waals surface area (Å²) in [6.07, 6.45) is 0.339. The van der Waals surface area contributed by atoms with Gasteiger partial charge in [-0.3, -0.25) is 0 Å². The summed E-state index contributed by atoms with van der Waals surface area (Å²) < 4.78 is 21.2. The largest absolute Gasteiger partial charge is 0.496 e. The second kappa shape index (κ2) is 10.6. The Labute approximate surface area is 126 Å². The summed E-state index contributed by atoms with van der Waals surface area (Å²) in [6, 6.07) is 5.63. The Balaban J connectivity index is 2.32. The number of benzene rings is 1. The maximum absolute atomic E-state index is 9.62. The SMILES string of the molecule is COCCOCCCOCc1cc(C(C)O)ccc1OC. The van der Waals surface area contributed by atoms with Crippen LogP contribution in [0.3, 0.4) is 0 Å². The van der Waals surface area contributed by atoms with Crippen molar-refractivity contribution in [2.75, 3.05) is 40.6 Å². The third kappa shape index (κ3) is 6.91. The molecule has 0 saturated heterocycles. The molecular formula is C16H26O5. The molecule has 0 bridgehead atoms. The zero-order valence-electron chi connectivity index (χ0n) is 13.1. The summed E-state index contributed by atoms with van der Waals surface area (Å²) in [6.45, 7) is 4.71. The van der Waals surface area contributed by atoms with Crippen molar-refractivity contribution in [1.29, 1.82) is 0 Å². The van der Waals surface area contributed by atoms with E-state index in [1.807, 2.05) is 18.2 Å². The molecule has 0 aromatic heterocycles. The smallest absolute Gasteiger partial charge is 0.124 e. The van der Waals surface area contributed by atoms with E-state index in [1.54, 1.807) is 21.1 Å². The van der Waals surface area contributed by atoms with Crippen molar-refractivity contribution in [3.8, 4) is 5.75 Å². The summed E-state index contributed by atoms with van der Waals surface area (Å²) in [5, 5.41) is 9.62. The highest BCUT2D eigenvalue weighted by molar-refractivity contribution is 5.37. The molecule has 0 aliphatic carbocycles. The van der Waals surface area contributed by atoms with Crippen LogP contribution >= 0.6 is 0 Å². The predicted octanol–water partition coefficient (Wildman–Crippen LogP) is 2.32. The van der Waals surface area contributed by atoms with Crippen LogP contribution in [-0.2, 0) is 20.8 Å². The van der Waals surface area contributed by atoms with Crippen LogP contribution in [0.4, 0.5) is 0 Å². The highest BCUT2D eigenvalue weighted by Crippen LogP contribution is 2.24. The van der Waals surface area contributed by atoms with Gasteiger partial charge in [-0.1, -0.05) is 6.07 Å². The highest BCUT2D eigenvalue weighted by atomic mass is 16.5. The number of hydrogen-bond acceptors (Lipinski definition) is 5. The van der Waals surface area contributed by atoms with Crippen molar-refractivity contribution in [2.24, 2.45) is 0 Å². The van der Waals surface area contributed by atoms with E-state index in [4.69, 9.17) is 18.9 Å². The second-order valence-corrected chi connectivity index (χ2v) is 4.76. The fourth-order valence-electron chi connectivity index (χ4n) is 1.86. The van der Waals surface area contributed by atoms with Crippen LogP contribution in [0.1, 0.15) is 30.6 Å². The second-order valence-electron chi connectivity index (χ2n) is 4.76. The van der Waals surface area contributed by atoms with E-state index in [-0.39, 0.29) is 0 Å². The number of rotatable bonds is 11. The minimum absolute atomic E-state index is 0.460. The van der Waals surface area contributed by atoms with Gasteiger partial charge in [0.15, 0.2) is 0 Å². The normalized spacial score (nSPS) is 12.4. The molecule has 0 spiro atoms. The van der Waals surface area contributed by atoms with Crippen LogP contribution in [0.2, 0.25) is 0 Å². The molecule has 1 unspecified atom stereocenters. The lowest BCUT2D eigenvalue weighted by molar-refractivity contribution is 0.0480. The van der Waals surface area contributed by atoms with Crippen molar-refractivity contribution >= 4 is 0 Å². The van der Waals surface area contributed by atoms with Gasteiger partial charge in [-0.2, -0.15) is 0 Å². The van der Waals surface area contributed by atoms with Gasteiger partial charge in [-0.15, -0.1) is 0 Å². The Morgan fingerprint density at radius 3 is 2.48 bits per heavy atom. The third-order valence-corrected chi connectivity index (χ3v) is 3.05. The maximum atomic E-state index is 9.62. The van der Waals surface area contributed by atoms with Crippen molar-refractivity contribution < 1.29 is 24.1 Å². The predicted molar refractivity (Wildman–Crippen MR) is 80.6 cm³/mol. The van der Waals surface area contributed by atoms with Crippen LogP contribution in [0, 0.1) is 0 Å². The van der Waals surface area contributed by atoms with E-state index < -0.39 is 6.10 Å². The summed E-state index contributed by atoms with van der Waals surface area (Å²) in [7, 11) is 3.28. The molecule has 0 aliphatic rings. The van der Waals surface area contributed by atoms with Crippen molar-refractivity contribution in [1.82, 2.24) is 0 Å². The lowest BCUT2D eigenvalue weighted by Crippen LogP contribution is -2.06. The average Bonchev–Trinajstić information content (AvgIpc) is 2.49. The molecule has 1 N–H and O–H groups in total. The minimum atomic E-state index is -0.496. The Kier molecular flexibility index (Phi) is 9.01. The monoisotopic (exact) mass is 298 g/mol. The molecule has 5 nitrogen and oxygen atoms in total. The number of methoxy groups -OCH3 is 2. The molecule has 1 atom stereocenters. The summed E-state index contributed by atoms with van der Waals surface area (Å²) in [5.74, 6) is 0.774. The van der Waals surface area contributed by atoms with Crippen molar-refractivity contribution in [3.63, 3.8) is 0 Å². The Morgan fingerprint density at radius 2 is 1.81 bits per heavy atom. The number of hydrogen-bond donors (Lipinski definition) is 1. The van der Waals surface area contributed by atoms with E-state index >= 15 is 0 Å². The molecule has 21 heavy (non-hydrogen) atoms. The molecule has 1 rings (SSSR count). The molecule has 120 valence electrons. The van der Waals surface area contributed by atoms with E-state index in [0.717, 1.165) is 23.3 Å². The van der Waals surface area contributed by atoms with E-state index in [9.17, 15) is 5.11 Å². The van der Waals surface area contributed by atoms with Gasteiger partial charge >= 0.3 is 0 Å². The quantitative estimate of drug-likeness (QED) is 0.635. The summed E-state index contributed by atoms with van der Waals surface area (Å²) in [5.41, 5.74) is 1.80. The number of ether oxygens (including phenoxy) is 4. The Morgan fingerprint density at radius 1 is 1.05 bits per heavy atom. The molecule has 1 aromatic carbocycles. The van der Waals surface area contributed by atoms with Gasteiger partial charge in [0.2, 0.25) is 0 Å². The van der Waals surface area contributed by atoms with Gasteiger partial charge in [0.25, 0.3) is 0 Å². The van der Waals surface area contributed by atoms with Crippen LogP contribution in [0.15, 0.2) is 18.2 Å². The molecule has 1 aromatic rings. The van der Waals surface area contributed by atoms with Gasteiger partial charge < -0.3 is 24.1 Å². The zero-order valence-corrected chi connectivity index (χ0v) is 13.1. The van der Waals surface area contributed by atoms with Crippen LogP contribution in [0.5, 0.6) is 5.75 Å². The standard InChI is InChI=1S/C16H26O5/c1-13(17)14-5-6-16(19-3)15(11-14)12-21-8-4-7-20-10-9-18-2/h5-6,11,13,17H,4,7-10,12H2,1-3H3. The van der Waals surface area contributed by atoms with Gasteiger partial charge in [0.05, 0.1) is 33.0 Å². The highest BCUT2D eigenvalue weighted by Gasteiger charge is 2.07. The van der Waals surface area contributed by atoms with E-state index in [0.29, 0.717) is 33.0 Å². The molecule has 0 fully saturated rings. The first-order valence-electron chi connectivity index (χ1n) is 7.18. The number of aliphatic hydroxyl groups excluding tert-OH is 1. The molecule has 0 radical (unpaired) electrons. The maximum Gasteiger partial charge on any atom is 0.124 e. The first-order chi connectivity index (χ1) is 10.2. The molecular weight excluding hydrogens is 272 g/mol. The van der Waals surface area contributed by atoms with Crippen molar-refractivity contribution in [2.45, 2.75) is 26.1 Å². The minimum Gasteiger partial charge on any atom is -0.496 e. The fraction of sp³-hybridized carbons (Fsp3) is 0.625. The average molecular weight is 298 g/mol. The topological polar surface area (TPSA) is 57.2 Å². The number of aliphatic hydroxyl groups is 1. The Bertz CT molecular complexity index is 392. The Hall–Kier alpha value is -1.14. The van der Waals surface area contributed by atoms with Gasteiger partial charge in [0.1, 0.15) is 5.75 Å². The molecule has 0 heterocycles. The van der Waals surface area contributed by atoms with Crippen LogP contribution in [0.25, 0.3) is 0 Å². The molecule has 5 heteroatoms. The third-order valence-electron chi connectivity index (χ3n) is 3.05. The first kappa shape index (κ1) is 17.9. The lowest BCUT2D eigenvalue weighted by Gasteiger charge is -2.12. The molecule has 0 aliphatic heterocycles.